The fourth-order valence-corrected chi connectivity index (χ4v) is 3.75. The number of halogens is 2. The SMILES string of the molecule is Nc1sc(Cc2ccccc2Cl)c[n+]1CC(=O)c1ccc(Br)cc1. The van der Waals surface area contributed by atoms with Gasteiger partial charge in [0.25, 0.3) is 0 Å². The number of nitrogen functional groups attached to an aromatic ring is 1. The third kappa shape index (κ3) is 4.04. The van der Waals surface area contributed by atoms with Gasteiger partial charge in [0, 0.05) is 21.5 Å². The van der Waals surface area contributed by atoms with E-state index in [2.05, 4.69) is 15.9 Å². The van der Waals surface area contributed by atoms with E-state index in [1.54, 1.807) is 16.7 Å². The van der Waals surface area contributed by atoms with Crippen LogP contribution in [-0.2, 0) is 13.0 Å². The molecule has 1 aromatic heterocycles. The van der Waals surface area contributed by atoms with Gasteiger partial charge in [-0.1, -0.05) is 69.2 Å². The largest absolute Gasteiger partial charge is 0.332 e. The van der Waals surface area contributed by atoms with E-state index in [1.165, 1.54) is 11.3 Å². The van der Waals surface area contributed by atoms with Crippen molar-refractivity contribution in [2.24, 2.45) is 0 Å². The van der Waals surface area contributed by atoms with Crippen LogP contribution in [0.3, 0.4) is 0 Å². The third-order valence-electron chi connectivity index (χ3n) is 3.62. The molecule has 3 aromatic rings. The number of nitrogens with two attached hydrogens (primary N) is 1. The van der Waals surface area contributed by atoms with Crippen LogP contribution in [-0.4, -0.2) is 5.78 Å². The summed E-state index contributed by atoms with van der Waals surface area (Å²) >= 11 is 11.1. The molecule has 0 spiro atoms. The van der Waals surface area contributed by atoms with E-state index >= 15 is 0 Å². The summed E-state index contributed by atoms with van der Waals surface area (Å²) in [5.74, 6) is 0.0290. The molecule has 1 heterocycles. The number of carbonyl (C=O) groups is 1. The predicted octanol–water partition coefficient (Wildman–Crippen LogP) is 4.51. The quantitative estimate of drug-likeness (QED) is 0.486. The van der Waals surface area contributed by atoms with Crippen molar-refractivity contribution >= 4 is 49.8 Å². The Labute approximate surface area is 157 Å². The van der Waals surface area contributed by atoms with Crippen molar-refractivity contribution in [3.8, 4) is 0 Å². The average Bonchev–Trinajstić information content (AvgIpc) is 2.90. The second kappa shape index (κ2) is 7.47. The highest BCUT2D eigenvalue weighted by molar-refractivity contribution is 9.10. The van der Waals surface area contributed by atoms with E-state index < -0.39 is 0 Å². The van der Waals surface area contributed by atoms with E-state index in [0.29, 0.717) is 17.1 Å². The van der Waals surface area contributed by atoms with Crippen molar-refractivity contribution in [2.75, 3.05) is 5.73 Å². The van der Waals surface area contributed by atoms with E-state index in [1.807, 2.05) is 42.6 Å². The normalized spacial score (nSPS) is 10.8. The topological polar surface area (TPSA) is 47.0 Å². The number of Topliss-reactive ketones (excluding diaryl/α,β-unsaturated/α-hetero) is 1. The van der Waals surface area contributed by atoms with Crippen LogP contribution in [0.1, 0.15) is 20.8 Å². The summed E-state index contributed by atoms with van der Waals surface area (Å²) in [7, 11) is 0. The highest BCUT2D eigenvalue weighted by Gasteiger charge is 2.17. The number of hydrogen-bond acceptors (Lipinski definition) is 3. The van der Waals surface area contributed by atoms with Crippen LogP contribution in [0, 0.1) is 0 Å². The zero-order chi connectivity index (χ0) is 17.1. The Morgan fingerprint density at radius 3 is 2.58 bits per heavy atom. The van der Waals surface area contributed by atoms with Crippen LogP contribution in [0.25, 0.3) is 0 Å². The molecule has 0 amide bonds. The van der Waals surface area contributed by atoms with Crippen LogP contribution in [0.4, 0.5) is 5.13 Å². The molecule has 3 nitrogen and oxygen atoms in total. The van der Waals surface area contributed by atoms with Gasteiger partial charge >= 0.3 is 5.13 Å². The van der Waals surface area contributed by atoms with Crippen molar-refractivity contribution in [2.45, 2.75) is 13.0 Å². The number of ketones is 1. The Morgan fingerprint density at radius 1 is 1.17 bits per heavy atom. The van der Waals surface area contributed by atoms with Crippen molar-refractivity contribution in [3.63, 3.8) is 0 Å². The molecule has 0 radical (unpaired) electrons. The Kier molecular flexibility index (Phi) is 5.33. The number of thiazole rings is 1. The summed E-state index contributed by atoms with van der Waals surface area (Å²) in [5.41, 5.74) is 7.79. The predicted molar refractivity (Wildman–Crippen MR) is 102 cm³/mol. The van der Waals surface area contributed by atoms with Gasteiger partial charge in [-0.3, -0.25) is 10.5 Å². The van der Waals surface area contributed by atoms with Gasteiger partial charge in [-0.05, 0) is 23.8 Å². The van der Waals surface area contributed by atoms with E-state index in [0.717, 1.165) is 19.9 Å². The Bertz CT molecular complexity index is 877. The van der Waals surface area contributed by atoms with E-state index in [9.17, 15) is 4.79 Å². The number of anilines is 1. The summed E-state index contributed by atoms with van der Waals surface area (Å²) in [5, 5.41) is 1.35. The fourth-order valence-electron chi connectivity index (χ4n) is 2.37. The standard InChI is InChI=1S/C18H14BrClN2OS/c19-14-7-5-12(6-8-14)17(23)11-22-10-15(24-18(22)21)9-13-3-1-2-4-16(13)20/h1-8,10,21H,9,11H2/p+1. The summed E-state index contributed by atoms with van der Waals surface area (Å²) in [4.78, 5) is 13.5. The van der Waals surface area contributed by atoms with Crippen LogP contribution >= 0.6 is 38.9 Å². The summed E-state index contributed by atoms with van der Waals surface area (Å²) in [6.07, 6.45) is 2.63. The number of nitrogens with zero attached hydrogens (tertiary/aromatic N) is 1. The lowest BCUT2D eigenvalue weighted by molar-refractivity contribution is -0.664. The zero-order valence-electron chi connectivity index (χ0n) is 12.7. The summed E-state index contributed by atoms with van der Waals surface area (Å²) in [6.45, 7) is 0.229. The first-order valence-corrected chi connectivity index (χ1v) is 9.31. The first-order valence-electron chi connectivity index (χ1n) is 7.33. The number of hydrogen-bond donors (Lipinski definition) is 1. The van der Waals surface area contributed by atoms with Crippen LogP contribution in [0.2, 0.25) is 5.02 Å². The highest BCUT2D eigenvalue weighted by atomic mass is 79.9. The smallest absolute Gasteiger partial charge is 0.290 e. The second-order valence-corrected chi connectivity index (χ2v) is 7.83. The molecule has 0 atom stereocenters. The molecule has 0 aliphatic heterocycles. The Balaban J connectivity index is 1.75. The molecule has 0 fully saturated rings. The van der Waals surface area contributed by atoms with Gasteiger partial charge in [0.2, 0.25) is 5.78 Å². The molecule has 0 unspecified atom stereocenters. The molecule has 24 heavy (non-hydrogen) atoms. The van der Waals surface area contributed by atoms with E-state index in [4.69, 9.17) is 17.3 Å². The fraction of sp³-hybridized carbons (Fsp3) is 0.111. The third-order valence-corrected chi connectivity index (χ3v) is 5.47. The van der Waals surface area contributed by atoms with Gasteiger partial charge in [0.05, 0.1) is 4.88 Å². The highest BCUT2D eigenvalue weighted by Crippen LogP contribution is 2.22. The van der Waals surface area contributed by atoms with Gasteiger partial charge in [0.15, 0.2) is 6.54 Å². The first-order chi connectivity index (χ1) is 11.5. The van der Waals surface area contributed by atoms with E-state index in [-0.39, 0.29) is 12.3 Å². The summed E-state index contributed by atoms with van der Waals surface area (Å²) in [6, 6.07) is 15.1. The maximum absolute atomic E-state index is 12.4. The van der Waals surface area contributed by atoms with Crippen molar-refractivity contribution in [1.29, 1.82) is 0 Å². The van der Waals surface area contributed by atoms with Crippen molar-refractivity contribution in [1.82, 2.24) is 0 Å². The van der Waals surface area contributed by atoms with Crippen molar-refractivity contribution in [3.05, 3.63) is 80.2 Å². The molecule has 122 valence electrons. The molecule has 3 rings (SSSR count). The maximum Gasteiger partial charge on any atom is 0.332 e. The molecular weight excluding hydrogens is 408 g/mol. The molecule has 0 bridgehead atoms. The lowest BCUT2D eigenvalue weighted by Gasteiger charge is -2.00. The molecule has 2 aromatic carbocycles. The first kappa shape index (κ1) is 17.1. The van der Waals surface area contributed by atoms with Crippen LogP contribution in [0.15, 0.2) is 59.2 Å². The molecular formula is C18H15BrClN2OS+. The molecule has 0 aliphatic carbocycles. The lowest BCUT2D eigenvalue weighted by atomic mass is 10.1. The summed E-state index contributed by atoms with van der Waals surface area (Å²) < 4.78 is 2.74. The molecule has 0 saturated heterocycles. The number of aromatic nitrogens is 1. The maximum atomic E-state index is 12.4. The van der Waals surface area contributed by atoms with Gasteiger partial charge < -0.3 is 0 Å². The van der Waals surface area contributed by atoms with Crippen LogP contribution in [0.5, 0.6) is 0 Å². The Hall–Kier alpha value is -1.69. The average molecular weight is 423 g/mol. The second-order valence-electron chi connectivity index (χ2n) is 5.36. The molecule has 6 heteroatoms. The van der Waals surface area contributed by atoms with Gasteiger partial charge in [0.1, 0.15) is 6.20 Å². The lowest BCUT2D eigenvalue weighted by Crippen LogP contribution is -2.38. The van der Waals surface area contributed by atoms with Crippen LogP contribution < -0.4 is 10.3 Å². The zero-order valence-corrected chi connectivity index (χ0v) is 15.9. The van der Waals surface area contributed by atoms with Gasteiger partial charge in [-0.2, -0.15) is 0 Å². The Morgan fingerprint density at radius 2 is 1.88 bits per heavy atom. The number of carbonyl (C=O) groups excluding carboxylic acids is 1. The molecule has 0 aliphatic rings. The minimum absolute atomic E-state index is 0.0290. The van der Waals surface area contributed by atoms with Crippen molar-refractivity contribution < 1.29 is 9.36 Å². The number of rotatable bonds is 5. The molecule has 0 saturated carbocycles. The van der Waals surface area contributed by atoms with Gasteiger partial charge in [-0.25, -0.2) is 4.57 Å². The molecule has 2 N–H and O–H groups in total. The minimum atomic E-state index is 0.0290. The monoisotopic (exact) mass is 421 g/mol. The number of benzene rings is 2. The minimum Gasteiger partial charge on any atom is -0.290 e. The van der Waals surface area contributed by atoms with Gasteiger partial charge in [-0.15, -0.1) is 0 Å².